The van der Waals surface area contributed by atoms with Crippen molar-refractivity contribution >= 4 is 17.9 Å². The molecule has 5 N–H and O–H groups in total. The molecule has 1 heterocycles. The lowest BCUT2D eigenvalue weighted by atomic mass is 9.88. The number of nitrogens with one attached hydrogen (secondary N) is 3. The normalized spacial score (nSPS) is 21.4. The van der Waals surface area contributed by atoms with Gasteiger partial charge in [-0.2, -0.15) is 0 Å². The van der Waals surface area contributed by atoms with Gasteiger partial charge in [0.15, 0.2) is 0 Å². The van der Waals surface area contributed by atoms with E-state index in [2.05, 4.69) is 16.0 Å². The Labute approximate surface area is 136 Å². The molecule has 23 heavy (non-hydrogen) atoms. The van der Waals surface area contributed by atoms with Crippen molar-refractivity contribution < 1.29 is 24.6 Å². The number of rotatable bonds is 8. The highest BCUT2D eigenvalue weighted by molar-refractivity contribution is 5.86. The van der Waals surface area contributed by atoms with Gasteiger partial charge in [0.05, 0.1) is 12.1 Å². The Hall–Kier alpha value is -1.83. The van der Waals surface area contributed by atoms with Crippen LogP contribution < -0.4 is 16.0 Å². The Morgan fingerprint density at radius 3 is 2.52 bits per heavy atom. The third kappa shape index (κ3) is 6.05. The van der Waals surface area contributed by atoms with Crippen LogP contribution in [-0.4, -0.2) is 52.9 Å². The van der Waals surface area contributed by atoms with E-state index in [0.717, 1.165) is 0 Å². The van der Waals surface area contributed by atoms with Crippen molar-refractivity contribution in [3.8, 4) is 0 Å². The summed E-state index contributed by atoms with van der Waals surface area (Å²) in [6.45, 7) is 5.69. The van der Waals surface area contributed by atoms with E-state index in [4.69, 9.17) is 5.11 Å². The fraction of sp³-hybridized carbons (Fsp3) is 0.800. The van der Waals surface area contributed by atoms with Gasteiger partial charge in [-0.15, -0.1) is 0 Å². The standard InChI is InChI=1S/C15H27N3O5/c1-9(2)6-11(17-14(22)23)13(21)18-15(3,8-19)7-10-4-5-16-12(10)20/h9-11,17,19H,4-8H2,1-3H3,(H,16,20)(H,18,21)(H,22,23)/t10?,11-,15?/m0/s1. The van der Waals surface area contributed by atoms with Gasteiger partial charge in [0.2, 0.25) is 11.8 Å². The zero-order chi connectivity index (χ0) is 17.6. The molecule has 0 aromatic rings. The number of carboxylic acid groups (broad SMARTS) is 1. The minimum absolute atomic E-state index is 0.0821. The van der Waals surface area contributed by atoms with Crippen LogP contribution in [0.2, 0.25) is 0 Å². The van der Waals surface area contributed by atoms with Crippen LogP contribution in [0.5, 0.6) is 0 Å². The summed E-state index contributed by atoms with van der Waals surface area (Å²) in [5.74, 6) is -0.709. The fourth-order valence-corrected chi connectivity index (χ4v) is 2.78. The molecule has 0 spiro atoms. The number of carbonyl (C=O) groups is 3. The summed E-state index contributed by atoms with van der Waals surface area (Å²) in [5.41, 5.74) is -0.973. The van der Waals surface area contributed by atoms with Gasteiger partial charge in [-0.05, 0) is 32.1 Å². The maximum Gasteiger partial charge on any atom is 0.405 e. The van der Waals surface area contributed by atoms with Crippen molar-refractivity contribution in [1.29, 1.82) is 0 Å². The molecule has 2 unspecified atom stereocenters. The highest BCUT2D eigenvalue weighted by Crippen LogP contribution is 2.23. The van der Waals surface area contributed by atoms with Crippen molar-refractivity contribution in [1.82, 2.24) is 16.0 Å². The largest absolute Gasteiger partial charge is 0.465 e. The lowest BCUT2D eigenvalue weighted by Gasteiger charge is -2.32. The van der Waals surface area contributed by atoms with E-state index in [1.807, 2.05) is 13.8 Å². The van der Waals surface area contributed by atoms with Crippen LogP contribution in [0, 0.1) is 11.8 Å². The molecule has 1 fully saturated rings. The van der Waals surface area contributed by atoms with Crippen molar-refractivity contribution in [3.05, 3.63) is 0 Å². The Morgan fingerprint density at radius 1 is 1.43 bits per heavy atom. The Morgan fingerprint density at radius 2 is 2.09 bits per heavy atom. The van der Waals surface area contributed by atoms with E-state index in [9.17, 15) is 19.5 Å². The Bertz CT molecular complexity index is 454. The predicted octanol–water partition coefficient (Wildman–Crippen LogP) is 0.0621. The van der Waals surface area contributed by atoms with Crippen LogP contribution in [0.4, 0.5) is 4.79 Å². The summed E-state index contributed by atoms with van der Waals surface area (Å²) in [6, 6.07) is -0.893. The molecule has 0 saturated carbocycles. The summed E-state index contributed by atoms with van der Waals surface area (Å²) in [5, 5.41) is 26.1. The van der Waals surface area contributed by atoms with Gasteiger partial charge in [-0.25, -0.2) is 4.79 Å². The lowest BCUT2D eigenvalue weighted by molar-refractivity contribution is -0.128. The molecule has 1 rings (SSSR count). The van der Waals surface area contributed by atoms with E-state index < -0.39 is 23.6 Å². The molecular weight excluding hydrogens is 302 g/mol. The van der Waals surface area contributed by atoms with Crippen LogP contribution in [-0.2, 0) is 9.59 Å². The number of aliphatic hydroxyl groups is 1. The molecule has 0 aromatic carbocycles. The van der Waals surface area contributed by atoms with Crippen LogP contribution in [0.3, 0.4) is 0 Å². The number of aliphatic hydroxyl groups excluding tert-OH is 1. The second-order valence-corrected chi connectivity index (χ2v) is 6.82. The van der Waals surface area contributed by atoms with Gasteiger partial charge in [0, 0.05) is 12.5 Å². The van der Waals surface area contributed by atoms with Crippen LogP contribution in [0.1, 0.15) is 40.0 Å². The summed E-state index contributed by atoms with van der Waals surface area (Å²) in [6.07, 6.45) is 0.0470. The molecule has 1 saturated heterocycles. The molecule has 3 amide bonds. The smallest absolute Gasteiger partial charge is 0.405 e. The van der Waals surface area contributed by atoms with Crippen molar-refractivity contribution in [3.63, 3.8) is 0 Å². The topological polar surface area (TPSA) is 128 Å². The Kier molecular flexibility index (Phi) is 6.80. The summed E-state index contributed by atoms with van der Waals surface area (Å²) >= 11 is 0. The SMILES string of the molecule is CC(C)C[C@H](NC(=O)O)C(=O)NC(C)(CO)CC1CCNC1=O. The van der Waals surface area contributed by atoms with Gasteiger partial charge < -0.3 is 26.2 Å². The van der Waals surface area contributed by atoms with E-state index in [-0.39, 0.29) is 24.3 Å². The molecule has 132 valence electrons. The lowest BCUT2D eigenvalue weighted by Crippen LogP contribution is -2.57. The molecule has 1 aliphatic rings. The van der Waals surface area contributed by atoms with Gasteiger partial charge in [0.25, 0.3) is 0 Å². The molecular formula is C15H27N3O5. The average molecular weight is 329 g/mol. The fourth-order valence-electron chi connectivity index (χ4n) is 2.78. The third-order valence-corrected chi connectivity index (χ3v) is 3.95. The number of carbonyl (C=O) groups excluding carboxylic acids is 2. The highest BCUT2D eigenvalue weighted by atomic mass is 16.4. The quantitative estimate of drug-likeness (QED) is 0.430. The molecule has 0 bridgehead atoms. The monoisotopic (exact) mass is 329 g/mol. The third-order valence-electron chi connectivity index (χ3n) is 3.95. The van der Waals surface area contributed by atoms with Crippen molar-refractivity contribution in [2.75, 3.05) is 13.2 Å². The zero-order valence-electron chi connectivity index (χ0n) is 13.9. The van der Waals surface area contributed by atoms with Crippen LogP contribution in [0.25, 0.3) is 0 Å². The molecule has 0 aromatic heterocycles. The van der Waals surface area contributed by atoms with Crippen molar-refractivity contribution in [2.24, 2.45) is 11.8 Å². The van der Waals surface area contributed by atoms with Gasteiger partial charge in [-0.3, -0.25) is 9.59 Å². The van der Waals surface area contributed by atoms with Gasteiger partial charge in [-0.1, -0.05) is 13.8 Å². The summed E-state index contributed by atoms with van der Waals surface area (Å²) in [7, 11) is 0. The number of hydrogen-bond donors (Lipinski definition) is 5. The van der Waals surface area contributed by atoms with Crippen LogP contribution in [0.15, 0.2) is 0 Å². The summed E-state index contributed by atoms with van der Waals surface area (Å²) < 4.78 is 0. The predicted molar refractivity (Wildman–Crippen MR) is 83.8 cm³/mol. The summed E-state index contributed by atoms with van der Waals surface area (Å²) in [4.78, 5) is 34.9. The second kappa shape index (κ2) is 8.14. The van der Waals surface area contributed by atoms with Gasteiger partial charge in [0.1, 0.15) is 6.04 Å². The molecule has 0 radical (unpaired) electrons. The van der Waals surface area contributed by atoms with Crippen LogP contribution >= 0.6 is 0 Å². The first-order valence-electron chi connectivity index (χ1n) is 7.87. The number of amides is 3. The van der Waals surface area contributed by atoms with Gasteiger partial charge >= 0.3 is 6.09 Å². The highest BCUT2D eigenvalue weighted by Gasteiger charge is 2.36. The van der Waals surface area contributed by atoms with E-state index in [1.54, 1.807) is 6.92 Å². The first-order valence-corrected chi connectivity index (χ1v) is 7.87. The first-order chi connectivity index (χ1) is 10.7. The minimum atomic E-state index is -1.27. The molecule has 8 heteroatoms. The van der Waals surface area contributed by atoms with E-state index >= 15 is 0 Å². The minimum Gasteiger partial charge on any atom is -0.465 e. The molecule has 8 nitrogen and oxygen atoms in total. The number of hydrogen-bond acceptors (Lipinski definition) is 4. The second-order valence-electron chi connectivity index (χ2n) is 6.82. The molecule has 1 aliphatic heterocycles. The van der Waals surface area contributed by atoms with E-state index in [1.165, 1.54) is 0 Å². The Balaban J connectivity index is 2.74. The zero-order valence-corrected chi connectivity index (χ0v) is 13.9. The molecule has 3 atom stereocenters. The maximum absolute atomic E-state index is 12.4. The van der Waals surface area contributed by atoms with Crippen molar-refractivity contribution in [2.45, 2.75) is 51.6 Å². The molecule has 0 aliphatic carbocycles. The first kappa shape index (κ1) is 19.2. The van der Waals surface area contributed by atoms with E-state index in [0.29, 0.717) is 25.8 Å². The maximum atomic E-state index is 12.4. The average Bonchev–Trinajstić information content (AvgIpc) is 2.82.